The lowest BCUT2D eigenvalue weighted by Crippen LogP contribution is -2.47. The number of rotatable bonds is 3. The number of aliphatic carboxylic acids is 2. The van der Waals surface area contributed by atoms with Crippen LogP contribution in [0.4, 0.5) is 0 Å². The molecule has 4 nitrogen and oxygen atoms in total. The average Bonchev–Trinajstić information content (AvgIpc) is 2.35. The highest BCUT2D eigenvalue weighted by atomic mass is 16.4. The number of fused-ring (bicyclic) bond motifs is 1. The van der Waals surface area contributed by atoms with Crippen LogP contribution in [0.25, 0.3) is 0 Å². The van der Waals surface area contributed by atoms with E-state index in [4.69, 9.17) is 0 Å². The smallest absolute Gasteiger partial charge is 0.307 e. The van der Waals surface area contributed by atoms with E-state index in [-0.39, 0.29) is 11.8 Å². The molecule has 5 unspecified atom stereocenters. The van der Waals surface area contributed by atoms with Crippen LogP contribution in [0.3, 0.4) is 0 Å². The molecule has 2 saturated carbocycles. The first-order valence-electron chi connectivity index (χ1n) is 7.01. The van der Waals surface area contributed by atoms with Gasteiger partial charge in [0.1, 0.15) is 0 Å². The lowest BCUT2D eigenvalue weighted by Gasteiger charge is -2.46. The SMILES string of the molecule is CCC1C(C(=O)O)CC2CCCCC2C1C(=O)O. The van der Waals surface area contributed by atoms with Crippen LogP contribution >= 0.6 is 0 Å². The molecular weight excluding hydrogens is 232 g/mol. The molecule has 0 aliphatic heterocycles. The second-order valence-corrected chi connectivity index (χ2v) is 5.82. The Kier molecular flexibility index (Phi) is 3.93. The normalized spacial score (nSPS) is 39.9. The summed E-state index contributed by atoms with van der Waals surface area (Å²) in [5.41, 5.74) is 0. The standard InChI is InChI=1S/C14H22O4/c1-2-9-11(13(15)16)7-8-5-3-4-6-10(8)12(9)14(17)18/h8-12H,2-7H2,1H3,(H,15,16)(H,17,18). The number of carbonyl (C=O) groups is 2. The van der Waals surface area contributed by atoms with Crippen LogP contribution in [0.1, 0.15) is 45.4 Å². The number of carboxylic acid groups (broad SMARTS) is 2. The molecule has 0 aromatic heterocycles. The molecule has 0 aromatic rings. The van der Waals surface area contributed by atoms with Crippen LogP contribution in [0, 0.1) is 29.6 Å². The Morgan fingerprint density at radius 3 is 2.33 bits per heavy atom. The summed E-state index contributed by atoms with van der Waals surface area (Å²) in [5, 5.41) is 18.8. The molecule has 2 fully saturated rings. The molecule has 0 amide bonds. The van der Waals surface area contributed by atoms with E-state index < -0.39 is 23.8 Å². The summed E-state index contributed by atoms with van der Waals surface area (Å²) >= 11 is 0. The summed E-state index contributed by atoms with van der Waals surface area (Å²) < 4.78 is 0. The maximum atomic E-state index is 11.6. The Morgan fingerprint density at radius 1 is 1.11 bits per heavy atom. The highest BCUT2D eigenvalue weighted by Crippen LogP contribution is 2.49. The Labute approximate surface area is 107 Å². The van der Waals surface area contributed by atoms with Gasteiger partial charge in [-0.1, -0.05) is 32.6 Å². The van der Waals surface area contributed by atoms with Crippen molar-refractivity contribution in [2.75, 3.05) is 0 Å². The monoisotopic (exact) mass is 254 g/mol. The molecule has 2 N–H and O–H groups in total. The lowest BCUT2D eigenvalue weighted by molar-refractivity contribution is -0.160. The second-order valence-electron chi connectivity index (χ2n) is 5.82. The average molecular weight is 254 g/mol. The Bertz CT molecular complexity index is 339. The molecule has 102 valence electrons. The first-order valence-corrected chi connectivity index (χ1v) is 7.01. The molecular formula is C14H22O4. The van der Waals surface area contributed by atoms with Crippen molar-refractivity contribution in [1.82, 2.24) is 0 Å². The van der Waals surface area contributed by atoms with E-state index in [2.05, 4.69) is 0 Å². The summed E-state index contributed by atoms with van der Waals surface area (Å²) in [4.78, 5) is 22.9. The van der Waals surface area contributed by atoms with E-state index in [1.807, 2.05) is 6.92 Å². The summed E-state index contributed by atoms with van der Waals surface area (Å²) in [5.74, 6) is -2.19. The zero-order chi connectivity index (χ0) is 13.3. The van der Waals surface area contributed by atoms with Crippen LogP contribution in [-0.2, 0) is 9.59 Å². The van der Waals surface area contributed by atoms with Crippen molar-refractivity contribution in [1.29, 1.82) is 0 Å². The molecule has 18 heavy (non-hydrogen) atoms. The van der Waals surface area contributed by atoms with E-state index in [1.165, 1.54) is 0 Å². The fraction of sp³-hybridized carbons (Fsp3) is 0.857. The minimum Gasteiger partial charge on any atom is -0.481 e. The van der Waals surface area contributed by atoms with E-state index in [0.717, 1.165) is 25.7 Å². The molecule has 0 bridgehead atoms. The van der Waals surface area contributed by atoms with Gasteiger partial charge in [0.2, 0.25) is 0 Å². The molecule has 5 atom stereocenters. The van der Waals surface area contributed by atoms with Crippen LogP contribution in [0.15, 0.2) is 0 Å². The van der Waals surface area contributed by atoms with Gasteiger partial charge in [-0.25, -0.2) is 0 Å². The fourth-order valence-corrected chi connectivity index (χ4v) is 4.26. The molecule has 2 rings (SSSR count). The number of carboxylic acids is 2. The number of hydrogen-bond acceptors (Lipinski definition) is 2. The van der Waals surface area contributed by atoms with Crippen LogP contribution < -0.4 is 0 Å². The third kappa shape index (κ3) is 2.25. The van der Waals surface area contributed by atoms with Gasteiger partial charge in [-0.15, -0.1) is 0 Å². The highest BCUT2D eigenvalue weighted by Gasteiger charge is 2.49. The minimum atomic E-state index is -0.808. The van der Waals surface area contributed by atoms with E-state index in [1.54, 1.807) is 0 Å². The molecule has 0 aromatic carbocycles. The van der Waals surface area contributed by atoms with Crippen molar-refractivity contribution < 1.29 is 19.8 Å². The zero-order valence-electron chi connectivity index (χ0n) is 10.8. The van der Waals surface area contributed by atoms with Crippen molar-refractivity contribution in [3.05, 3.63) is 0 Å². The predicted molar refractivity (Wildman–Crippen MR) is 66.1 cm³/mol. The van der Waals surface area contributed by atoms with Gasteiger partial charge in [0.25, 0.3) is 0 Å². The van der Waals surface area contributed by atoms with E-state index in [0.29, 0.717) is 18.8 Å². The van der Waals surface area contributed by atoms with Gasteiger partial charge in [-0.2, -0.15) is 0 Å². The molecule has 0 radical (unpaired) electrons. The Morgan fingerprint density at radius 2 is 1.78 bits per heavy atom. The zero-order valence-corrected chi connectivity index (χ0v) is 10.8. The van der Waals surface area contributed by atoms with Crippen LogP contribution in [0.5, 0.6) is 0 Å². The Hall–Kier alpha value is -1.06. The molecule has 2 aliphatic rings. The van der Waals surface area contributed by atoms with Gasteiger partial charge in [0.05, 0.1) is 11.8 Å². The van der Waals surface area contributed by atoms with Gasteiger partial charge >= 0.3 is 11.9 Å². The summed E-state index contributed by atoms with van der Waals surface area (Å²) in [6.45, 7) is 1.92. The lowest BCUT2D eigenvalue weighted by atomic mass is 9.57. The van der Waals surface area contributed by atoms with Crippen molar-refractivity contribution in [3.63, 3.8) is 0 Å². The van der Waals surface area contributed by atoms with Crippen molar-refractivity contribution in [2.45, 2.75) is 45.4 Å². The van der Waals surface area contributed by atoms with E-state index in [9.17, 15) is 19.8 Å². The molecule has 0 saturated heterocycles. The van der Waals surface area contributed by atoms with Crippen molar-refractivity contribution >= 4 is 11.9 Å². The van der Waals surface area contributed by atoms with Gasteiger partial charge in [0.15, 0.2) is 0 Å². The van der Waals surface area contributed by atoms with Crippen LogP contribution in [-0.4, -0.2) is 22.2 Å². The summed E-state index contributed by atoms with van der Waals surface area (Å²) in [7, 11) is 0. The van der Waals surface area contributed by atoms with Gasteiger partial charge < -0.3 is 10.2 Å². The van der Waals surface area contributed by atoms with Gasteiger partial charge in [-0.3, -0.25) is 9.59 Å². The predicted octanol–water partition coefficient (Wildman–Crippen LogP) is 2.62. The summed E-state index contributed by atoms with van der Waals surface area (Å²) in [6, 6.07) is 0. The first kappa shape index (κ1) is 13.4. The third-order valence-electron chi connectivity index (χ3n) is 5.04. The molecule has 2 aliphatic carbocycles. The van der Waals surface area contributed by atoms with Crippen LogP contribution in [0.2, 0.25) is 0 Å². The third-order valence-corrected chi connectivity index (χ3v) is 5.04. The number of hydrogen-bond donors (Lipinski definition) is 2. The molecule has 0 heterocycles. The highest BCUT2D eigenvalue weighted by molar-refractivity contribution is 5.75. The quantitative estimate of drug-likeness (QED) is 0.811. The Balaban J connectivity index is 2.29. The largest absolute Gasteiger partial charge is 0.481 e. The fourth-order valence-electron chi connectivity index (χ4n) is 4.26. The summed E-state index contributed by atoms with van der Waals surface area (Å²) in [6.07, 6.45) is 5.52. The molecule has 4 heteroatoms. The van der Waals surface area contributed by atoms with Crippen molar-refractivity contribution in [3.8, 4) is 0 Å². The molecule has 0 spiro atoms. The van der Waals surface area contributed by atoms with Gasteiger partial charge in [0, 0.05) is 0 Å². The maximum absolute atomic E-state index is 11.6. The van der Waals surface area contributed by atoms with E-state index >= 15 is 0 Å². The topological polar surface area (TPSA) is 74.6 Å². The second kappa shape index (κ2) is 5.29. The maximum Gasteiger partial charge on any atom is 0.307 e. The van der Waals surface area contributed by atoms with Crippen molar-refractivity contribution in [2.24, 2.45) is 29.6 Å². The first-order chi connectivity index (χ1) is 8.56. The van der Waals surface area contributed by atoms with Gasteiger partial charge in [-0.05, 0) is 30.6 Å². The minimum absolute atomic E-state index is 0.195.